The number of rotatable bonds is 6. The van der Waals surface area contributed by atoms with Crippen LogP contribution in [0.25, 0.3) is 5.76 Å². The van der Waals surface area contributed by atoms with Crippen LogP contribution in [0.2, 0.25) is 0 Å². The predicted molar refractivity (Wildman–Crippen MR) is 125 cm³/mol. The molecule has 7 nitrogen and oxygen atoms in total. The Bertz CT molecular complexity index is 1010. The van der Waals surface area contributed by atoms with Crippen LogP contribution in [0, 0.1) is 0 Å². The largest absolute Gasteiger partial charge is 0.507 e. The molecule has 1 unspecified atom stereocenters. The molecule has 168 valence electrons. The summed E-state index contributed by atoms with van der Waals surface area (Å²) < 4.78 is 6.08. The third kappa shape index (κ3) is 4.57. The minimum absolute atomic E-state index is 0.114. The Balaban J connectivity index is 1.71. The Morgan fingerprint density at radius 2 is 1.72 bits per heavy atom. The number of amides is 1. The summed E-state index contributed by atoms with van der Waals surface area (Å²) in [6.45, 7) is 4.70. The van der Waals surface area contributed by atoms with E-state index in [1.807, 2.05) is 24.3 Å². The number of hydrogen-bond acceptors (Lipinski definition) is 6. The molecule has 1 atom stereocenters. The standard InChI is InChI=1S/C24H26BrN3O4/c1-32-19-8-4-17(5-9-19)22(29)20-21(16-2-6-18(25)7-3-16)28(24(31)23(20)30)15-14-27-12-10-26-11-13-27/h2-9,21,26,29H,10-15H2,1H3/b22-20-. The highest BCUT2D eigenvalue weighted by Gasteiger charge is 2.46. The number of halogens is 1. The number of hydrogen-bond donors (Lipinski definition) is 2. The van der Waals surface area contributed by atoms with E-state index in [-0.39, 0.29) is 11.3 Å². The molecular weight excluding hydrogens is 474 g/mol. The van der Waals surface area contributed by atoms with Crippen molar-refractivity contribution in [3.8, 4) is 5.75 Å². The fraction of sp³-hybridized carbons (Fsp3) is 0.333. The van der Waals surface area contributed by atoms with Crippen LogP contribution in [0.4, 0.5) is 0 Å². The van der Waals surface area contributed by atoms with Crippen LogP contribution in [0.3, 0.4) is 0 Å². The van der Waals surface area contributed by atoms with E-state index in [2.05, 4.69) is 26.1 Å². The first-order chi connectivity index (χ1) is 15.5. The monoisotopic (exact) mass is 499 g/mol. The van der Waals surface area contributed by atoms with Crippen LogP contribution in [0.5, 0.6) is 5.75 Å². The minimum Gasteiger partial charge on any atom is -0.507 e. The molecule has 0 aromatic heterocycles. The third-order valence-corrected chi connectivity index (χ3v) is 6.48. The number of piperazine rings is 1. The number of Topliss-reactive ketones (excluding diaryl/α,β-unsaturated/α-hetero) is 1. The van der Waals surface area contributed by atoms with E-state index in [1.165, 1.54) is 0 Å². The Labute approximate surface area is 195 Å². The lowest BCUT2D eigenvalue weighted by Crippen LogP contribution is -2.46. The number of nitrogens with zero attached hydrogens (tertiary/aromatic N) is 2. The van der Waals surface area contributed by atoms with Gasteiger partial charge in [-0.3, -0.25) is 14.5 Å². The van der Waals surface area contributed by atoms with Gasteiger partial charge in [-0.1, -0.05) is 28.1 Å². The number of aliphatic hydroxyl groups excluding tert-OH is 1. The number of ketones is 1. The average molecular weight is 500 g/mol. The molecule has 8 heteroatoms. The summed E-state index contributed by atoms with van der Waals surface area (Å²) in [7, 11) is 1.56. The Hall–Kier alpha value is -2.68. The fourth-order valence-electron chi connectivity index (χ4n) is 4.19. The quantitative estimate of drug-likeness (QED) is 0.361. The number of carbonyl (C=O) groups excluding carboxylic acids is 2. The van der Waals surface area contributed by atoms with Gasteiger partial charge in [0.05, 0.1) is 18.7 Å². The van der Waals surface area contributed by atoms with Gasteiger partial charge >= 0.3 is 0 Å². The Morgan fingerprint density at radius 3 is 2.34 bits per heavy atom. The van der Waals surface area contributed by atoms with Crippen molar-refractivity contribution in [2.24, 2.45) is 0 Å². The van der Waals surface area contributed by atoms with Gasteiger partial charge in [-0.05, 0) is 42.0 Å². The van der Waals surface area contributed by atoms with Crippen molar-refractivity contribution in [1.29, 1.82) is 0 Å². The van der Waals surface area contributed by atoms with Crippen molar-refractivity contribution < 1.29 is 19.4 Å². The second kappa shape index (κ2) is 9.85. The molecule has 0 aliphatic carbocycles. The van der Waals surface area contributed by atoms with Gasteiger partial charge in [-0.2, -0.15) is 0 Å². The molecule has 2 aromatic rings. The third-order valence-electron chi connectivity index (χ3n) is 5.96. The van der Waals surface area contributed by atoms with E-state index in [4.69, 9.17) is 4.74 Å². The van der Waals surface area contributed by atoms with E-state index < -0.39 is 17.7 Å². The second-order valence-corrected chi connectivity index (χ2v) is 8.78. The van der Waals surface area contributed by atoms with Crippen molar-refractivity contribution in [2.45, 2.75) is 6.04 Å². The Kier molecular flexibility index (Phi) is 6.93. The highest BCUT2D eigenvalue weighted by molar-refractivity contribution is 9.10. The molecule has 0 spiro atoms. The van der Waals surface area contributed by atoms with Gasteiger partial charge in [-0.15, -0.1) is 0 Å². The maximum Gasteiger partial charge on any atom is 0.295 e. The van der Waals surface area contributed by atoms with Gasteiger partial charge < -0.3 is 20.1 Å². The SMILES string of the molecule is COc1ccc(/C(O)=C2/C(=O)C(=O)N(CCN3CCNCC3)C2c2ccc(Br)cc2)cc1. The van der Waals surface area contributed by atoms with Crippen molar-refractivity contribution >= 4 is 33.4 Å². The molecular formula is C24H26BrN3O4. The van der Waals surface area contributed by atoms with E-state index in [9.17, 15) is 14.7 Å². The van der Waals surface area contributed by atoms with Crippen LogP contribution in [-0.4, -0.2) is 73.0 Å². The molecule has 0 bridgehead atoms. The zero-order valence-electron chi connectivity index (χ0n) is 17.9. The van der Waals surface area contributed by atoms with Gasteiger partial charge in [0.15, 0.2) is 0 Å². The number of ether oxygens (including phenoxy) is 1. The van der Waals surface area contributed by atoms with E-state index >= 15 is 0 Å². The number of benzene rings is 2. The summed E-state index contributed by atoms with van der Waals surface area (Å²) in [5.74, 6) is -0.777. The zero-order chi connectivity index (χ0) is 22.7. The summed E-state index contributed by atoms with van der Waals surface area (Å²) in [4.78, 5) is 30.0. The van der Waals surface area contributed by atoms with E-state index in [1.54, 1.807) is 36.3 Å². The van der Waals surface area contributed by atoms with Gasteiger partial charge in [0, 0.05) is 49.3 Å². The van der Waals surface area contributed by atoms with Gasteiger partial charge in [-0.25, -0.2) is 0 Å². The van der Waals surface area contributed by atoms with Crippen molar-refractivity contribution in [3.05, 3.63) is 69.7 Å². The zero-order valence-corrected chi connectivity index (χ0v) is 19.5. The number of carbonyl (C=O) groups is 2. The normalized spacial score (nSPS) is 21.2. The lowest BCUT2D eigenvalue weighted by molar-refractivity contribution is -0.140. The molecule has 0 radical (unpaired) electrons. The van der Waals surface area contributed by atoms with Crippen LogP contribution in [-0.2, 0) is 9.59 Å². The predicted octanol–water partition coefficient (Wildman–Crippen LogP) is 2.78. The number of aliphatic hydroxyl groups is 1. The first-order valence-electron chi connectivity index (χ1n) is 10.6. The maximum absolute atomic E-state index is 13.1. The molecule has 2 N–H and O–H groups in total. The lowest BCUT2D eigenvalue weighted by Gasteiger charge is -2.31. The highest BCUT2D eigenvalue weighted by Crippen LogP contribution is 2.39. The molecule has 1 amide bonds. The van der Waals surface area contributed by atoms with Crippen LogP contribution < -0.4 is 10.1 Å². The average Bonchev–Trinajstić information content (AvgIpc) is 3.08. The maximum atomic E-state index is 13.1. The summed E-state index contributed by atoms with van der Waals surface area (Å²) in [6.07, 6.45) is 0. The highest BCUT2D eigenvalue weighted by atomic mass is 79.9. The molecule has 2 fully saturated rings. The van der Waals surface area contributed by atoms with Crippen LogP contribution in [0.1, 0.15) is 17.2 Å². The fourth-order valence-corrected chi connectivity index (χ4v) is 4.45. The van der Waals surface area contributed by atoms with Crippen molar-refractivity contribution in [3.63, 3.8) is 0 Å². The second-order valence-electron chi connectivity index (χ2n) is 7.86. The lowest BCUT2D eigenvalue weighted by atomic mass is 9.95. The van der Waals surface area contributed by atoms with Crippen molar-refractivity contribution in [2.75, 3.05) is 46.4 Å². The van der Waals surface area contributed by atoms with Gasteiger partial charge in [0.2, 0.25) is 0 Å². The molecule has 32 heavy (non-hydrogen) atoms. The van der Waals surface area contributed by atoms with Crippen LogP contribution >= 0.6 is 15.9 Å². The molecule has 0 saturated carbocycles. The van der Waals surface area contributed by atoms with Gasteiger partial charge in [0.25, 0.3) is 11.7 Å². The topological polar surface area (TPSA) is 82.1 Å². The number of methoxy groups -OCH3 is 1. The first kappa shape index (κ1) is 22.5. The first-order valence-corrected chi connectivity index (χ1v) is 11.4. The molecule has 4 rings (SSSR count). The number of likely N-dealkylation sites (tertiary alicyclic amines) is 1. The summed E-state index contributed by atoms with van der Waals surface area (Å²) >= 11 is 3.44. The molecule has 2 heterocycles. The van der Waals surface area contributed by atoms with Crippen LogP contribution in [0.15, 0.2) is 58.6 Å². The smallest absolute Gasteiger partial charge is 0.295 e. The molecule has 2 aliphatic rings. The molecule has 2 saturated heterocycles. The van der Waals surface area contributed by atoms with E-state index in [0.29, 0.717) is 24.4 Å². The summed E-state index contributed by atoms with van der Waals surface area (Å²) in [5.41, 5.74) is 1.36. The molecule has 2 aromatic carbocycles. The number of nitrogens with one attached hydrogen (secondary N) is 1. The van der Waals surface area contributed by atoms with Gasteiger partial charge in [0.1, 0.15) is 11.5 Å². The summed E-state index contributed by atoms with van der Waals surface area (Å²) in [5, 5.41) is 14.4. The minimum atomic E-state index is -0.661. The van der Waals surface area contributed by atoms with Crippen molar-refractivity contribution in [1.82, 2.24) is 15.1 Å². The molecule has 2 aliphatic heterocycles. The summed E-state index contributed by atoms with van der Waals surface area (Å²) in [6, 6.07) is 13.6. The van der Waals surface area contributed by atoms with E-state index in [0.717, 1.165) is 36.2 Å². The Morgan fingerprint density at radius 1 is 1.06 bits per heavy atom.